The molecule has 0 amide bonds. The number of benzene rings is 2. The first kappa shape index (κ1) is 21.8. The van der Waals surface area contributed by atoms with Crippen LogP contribution in [-0.4, -0.2) is 62.5 Å². The van der Waals surface area contributed by atoms with Gasteiger partial charge in [0.25, 0.3) is 0 Å². The van der Waals surface area contributed by atoms with Crippen molar-refractivity contribution in [1.82, 2.24) is 20.2 Å². The number of aromatic nitrogens is 2. The minimum absolute atomic E-state index is 0.314. The lowest BCUT2D eigenvalue weighted by Gasteiger charge is -2.21. The van der Waals surface area contributed by atoms with Crippen LogP contribution in [0.5, 0.6) is 11.5 Å². The average Bonchev–Trinajstić information content (AvgIpc) is 3.42. The van der Waals surface area contributed by atoms with Crippen LogP contribution in [0.2, 0.25) is 0 Å². The van der Waals surface area contributed by atoms with E-state index in [4.69, 9.17) is 9.47 Å². The maximum absolute atomic E-state index is 5.42. The molecule has 2 heterocycles. The minimum Gasteiger partial charge on any atom is -0.497 e. The summed E-state index contributed by atoms with van der Waals surface area (Å²) in [5.41, 5.74) is 3.30. The number of rotatable bonds is 7. The van der Waals surface area contributed by atoms with Gasteiger partial charge in [0.1, 0.15) is 17.3 Å². The highest BCUT2D eigenvalue weighted by Crippen LogP contribution is 2.30. The fraction of sp³-hybridized carbons (Fsp3) is 0.417. The molecule has 1 aliphatic rings. The van der Waals surface area contributed by atoms with Crippen molar-refractivity contribution in [3.8, 4) is 11.5 Å². The number of methoxy groups -OCH3 is 2. The summed E-state index contributed by atoms with van der Waals surface area (Å²) in [6.07, 6.45) is 1.03. The largest absolute Gasteiger partial charge is 0.497 e. The van der Waals surface area contributed by atoms with E-state index in [-0.39, 0.29) is 0 Å². The summed E-state index contributed by atoms with van der Waals surface area (Å²) in [7, 11) is 5.17. The third kappa shape index (κ3) is 4.74. The van der Waals surface area contributed by atoms with Gasteiger partial charge in [0.05, 0.1) is 25.3 Å². The van der Waals surface area contributed by atoms with E-state index in [2.05, 4.69) is 60.4 Å². The number of ether oxygens (including phenoxy) is 2. The standard InChI is InChI=1S/C24H32N6O2/c1-17-27-22-7-5-6-8-23(22)30(17)12-10-26-24(25-2)28-18-9-11-29(16-18)19-13-20(31-3)15-21(14-19)32-4/h5-8,13-15,18H,9-12,16H2,1-4H3,(H2,25,26,28). The van der Waals surface area contributed by atoms with Gasteiger partial charge in [-0.2, -0.15) is 0 Å². The van der Waals surface area contributed by atoms with E-state index in [1.54, 1.807) is 14.2 Å². The summed E-state index contributed by atoms with van der Waals surface area (Å²) >= 11 is 0. The molecule has 1 fully saturated rings. The SMILES string of the molecule is CN=C(NCCn1c(C)nc2ccccc21)NC1CCN(c2cc(OC)cc(OC)c2)C1. The van der Waals surface area contributed by atoms with Crippen LogP contribution in [0.15, 0.2) is 47.5 Å². The van der Waals surface area contributed by atoms with E-state index in [9.17, 15) is 0 Å². The van der Waals surface area contributed by atoms with Crippen molar-refractivity contribution in [3.05, 3.63) is 48.3 Å². The van der Waals surface area contributed by atoms with Crippen molar-refractivity contribution in [2.75, 3.05) is 45.8 Å². The monoisotopic (exact) mass is 436 g/mol. The minimum atomic E-state index is 0.314. The van der Waals surface area contributed by atoms with Gasteiger partial charge in [0.15, 0.2) is 5.96 Å². The predicted octanol–water partition coefficient (Wildman–Crippen LogP) is 2.81. The molecule has 0 spiro atoms. The second kappa shape index (κ2) is 9.80. The zero-order valence-corrected chi connectivity index (χ0v) is 19.3. The molecule has 1 aromatic heterocycles. The topological polar surface area (TPSA) is 75.9 Å². The van der Waals surface area contributed by atoms with Crippen molar-refractivity contribution in [3.63, 3.8) is 0 Å². The van der Waals surface area contributed by atoms with Crippen LogP contribution in [0.25, 0.3) is 11.0 Å². The van der Waals surface area contributed by atoms with Crippen molar-refractivity contribution in [1.29, 1.82) is 0 Å². The summed E-state index contributed by atoms with van der Waals surface area (Å²) in [5, 5.41) is 7.01. The number of aliphatic imine (C=N–C) groups is 1. The Hall–Kier alpha value is -3.42. The van der Waals surface area contributed by atoms with E-state index in [1.807, 2.05) is 26.1 Å². The molecule has 170 valence electrons. The van der Waals surface area contributed by atoms with Crippen LogP contribution in [0.1, 0.15) is 12.2 Å². The lowest BCUT2D eigenvalue weighted by molar-refractivity contribution is 0.394. The second-order valence-electron chi connectivity index (χ2n) is 7.95. The number of fused-ring (bicyclic) bond motifs is 1. The van der Waals surface area contributed by atoms with E-state index in [0.29, 0.717) is 6.04 Å². The summed E-state index contributed by atoms with van der Waals surface area (Å²) in [6, 6.07) is 14.6. The molecular weight excluding hydrogens is 404 g/mol. The highest BCUT2D eigenvalue weighted by atomic mass is 16.5. The van der Waals surface area contributed by atoms with Crippen molar-refractivity contribution in [2.24, 2.45) is 4.99 Å². The van der Waals surface area contributed by atoms with Gasteiger partial charge >= 0.3 is 0 Å². The van der Waals surface area contributed by atoms with E-state index in [0.717, 1.165) is 72.6 Å². The quantitative estimate of drug-likeness (QED) is 0.438. The molecule has 0 saturated carbocycles. The van der Waals surface area contributed by atoms with Gasteiger partial charge in [-0.25, -0.2) is 4.98 Å². The first-order valence-electron chi connectivity index (χ1n) is 11.0. The summed E-state index contributed by atoms with van der Waals surface area (Å²) in [6.45, 7) is 5.50. The summed E-state index contributed by atoms with van der Waals surface area (Å²) in [4.78, 5) is 11.4. The molecule has 1 saturated heterocycles. The summed E-state index contributed by atoms with van der Waals surface area (Å²) < 4.78 is 13.1. The molecule has 32 heavy (non-hydrogen) atoms. The van der Waals surface area contributed by atoms with Crippen LogP contribution in [-0.2, 0) is 6.54 Å². The first-order chi connectivity index (χ1) is 15.6. The zero-order chi connectivity index (χ0) is 22.5. The van der Waals surface area contributed by atoms with Gasteiger partial charge in [-0.15, -0.1) is 0 Å². The number of anilines is 1. The number of nitrogens with one attached hydrogen (secondary N) is 2. The molecule has 0 bridgehead atoms. The number of hydrogen-bond donors (Lipinski definition) is 2. The Bertz CT molecular complexity index is 1070. The highest BCUT2D eigenvalue weighted by molar-refractivity contribution is 5.80. The van der Waals surface area contributed by atoms with Gasteiger partial charge in [0.2, 0.25) is 0 Å². The van der Waals surface area contributed by atoms with E-state index < -0.39 is 0 Å². The molecule has 0 aliphatic carbocycles. The lowest BCUT2D eigenvalue weighted by Crippen LogP contribution is -2.45. The Morgan fingerprint density at radius 1 is 1.16 bits per heavy atom. The van der Waals surface area contributed by atoms with Crippen molar-refractivity contribution < 1.29 is 9.47 Å². The number of hydrogen-bond acceptors (Lipinski definition) is 5. The number of para-hydroxylation sites is 2. The molecule has 8 heteroatoms. The second-order valence-corrected chi connectivity index (χ2v) is 7.95. The van der Waals surface area contributed by atoms with Crippen LogP contribution in [0.3, 0.4) is 0 Å². The lowest BCUT2D eigenvalue weighted by atomic mass is 10.2. The van der Waals surface area contributed by atoms with Crippen molar-refractivity contribution in [2.45, 2.75) is 25.9 Å². The number of imidazole rings is 1. The van der Waals surface area contributed by atoms with Gasteiger partial charge in [0, 0.05) is 63.2 Å². The fourth-order valence-corrected chi connectivity index (χ4v) is 4.24. The molecule has 1 aliphatic heterocycles. The molecule has 4 rings (SSSR count). The fourth-order valence-electron chi connectivity index (χ4n) is 4.24. The zero-order valence-electron chi connectivity index (χ0n) is 19.3. The van der Waals surface area contributed by atoms with Gasteiger partial charge in [-0.3, -0.25) is 4.99 Å². The van der Waals surface area contributed by atoms with E-state index in [1.165, 1.54) is 0 Å². The molecule has 1 atom stereocenters. The molecule has 2 aromatic carbocycles. The third-order valence-corrected chi connectivity index (χ3v) is 5.93. The highest BCUT2D eigenvalue weighted by Gasteiger charge is 2.24. The Balaban J connectivity index is 1.32. The average molecular weight is 437 g/mol. The van der Waals surface area contributed by atoms with Gasteiger partial charge in [-0.1, -0.05) is 12.1 Å². The van der Waals surface area contributed by atoms with Crippen LogP contribution in [0.4, 0.5) is 5.69 Å². The van der Waals surface area contributed by atoms with Gasteiger partial charge in [-0.05, 0) is 25.5 Å². The molecule has 2 N–H and O–H groups in total. The maximum Gasteiger partial charge on any atom is 0.191 e. The van der Waals surface area contributed by atoms with Gasteiger partial charge < -0.3 is 29.6 Å². The van der Waals surface area contributed by atoms with Crippen LogP contribution >= 0.6 is 0 Å². The molecule has 0 radical (unpaired) electrons. The Morgan fingerprint density at radius 2 is 1.91 bits per heavy atom. The molecule has 3 aromatic rings. The number of nitrogens with zero attached hydrogens (tertiary/aromatic N) is 4. The van der Waals surface area contributed by atoms with E-state index >= 15 is 0 Å². The Labute approximate surface area is 189 Å². The molecular formula is C24H32N6O2. The van der Waals surface area contributed by atoms with Crippen molar-refractivity contribution >= 4 is 22.7 Å². The molecule has 1 unspecified atom stereocenters. The Kier molecular flexibility index (Phi) is 6.68. The normalized spacial score (nSPS) is 16.4. The first-order valence-corrected chi connectivity index (χ1v) is 11.0. The maximum atomic E-state index is 5.42. The number of aryl methyl sites for hydroxylation is 1. The molecule has 8 nitrogen and oxygen atoms in total. The smallest absolute Gasteiger partial charge is 0.191 e. The van der Waals surface area contributed by atoms with Crippen LogP contribution in [0, 0.1) is 6.92 Å². The third-order valence-electron chi connectivity index (χ3n) is 5.93. The Morgan fingerprint density at radius 3 is 2.62 bits per heavy atom. The summed E-state index contributed by atoms with van der Waals surface area (Å²) in [5.74, 6) is 3.45. The number of guanidine groups is 1. The predicted molar refractivity (Wildman–Crippen MR) is 129 cm³/mol. The van der Waals surface area contributed by atoms with Crippen LogP contribution < -0.4 is 25.0 Å².